The van der Waals surface area contributed by atoms with Gasteiger partial charge in [0.1, 0.15) is 11.5 Å². The van der Waals surface area contributed by atoms with Crippen LogP contribution in [0.2, 0.25) is 0 Å². The van der Waals surface area contributed by atoms with Gasteiger partial charge in [-0.15, -0.1) is 0 Å². The van der Waals surface area contributed by atoms with Crippen LogP contribution in [0.4, 0.5) is 0 Å². The van der Waals surface area contributed by atoms with Crippen LogP contribution in [0.5, 0.6) is 11.5 Å². The monoisotopic (exact) mass is 369 g/mol. The predicted octanol–water partition coefficient (Wildman–Crippen LogP) is 2.62. The van der Waals surface area contributed by atoms with Gasteiger partial charge in [-0.25, -0.2) is 4.79 Å². The molecule has 1 N–H and O–H groups in total. The second-order valence-electron chi connectivity index (χ2n) is 5.63. The zero-order chi connectivity index (χ0) is 19.5. The van der Waals surface area contributed by atoms with Crippen molar-refractivity contribution in [2.24, 2.45) is 0 Å². The van der Waals surface area contributed by atoms with Gasteiger partial charge >= 0.3 is 5.97 Å². The molecule has 0 aliphatic heterocycles. The third kappa shape index (κ3) is 6.86. The maximum absolute atomic E-state index is 11.8. The third-order valence-electron chi connectivity index (χ3n) is 3.76. The number of methoxy groups -OCH3 is 2. The van der Waals surface area contributed by atoms with Crippen molar-refractivity contribution in [1.82, 2.24) is 5.32 Å². The van der Waals surface area contributed by atoms with Gasteiger partial charge in [0.25, 0.3) is 5.91 Å². The standard InChI is InChI=1S/C21H23NO5/c1-25-18-9-10-19(26-2)17(14-18)8-11-21(24)27-15-20(23)22-13-12-16-6-4-3-5-7-16/h3-11,14H,12-13,15H2,1-2H3,(H,22,23)/b11-8+. The molecule has 0 atom stereocenters. The first-order valence-corrected chi connectivity index (χ1v) is 8.50. The minimum atomic E-state index is -0.613. The minimum Gasteiger partial charge on any atom is -0.497 e. The zero-order valence-corrected chi connectivity index (χ0v) is 15.4. The fourth-order valence-electron chi connectivity index (χ4n) is 2.35. The number of nitrogens with one attached hydrogen (secondary N) is 1. The Hall–Kier alpha value is -3.28. The molecule has 6 heteroatoms. The van der Waals surface area contributed by atoms with Gasteiger partial charge in [0, 0.05) is 18.2 Å². The third-order valence-corrected chi connectivity index (χ3v) is 3.76. The van der Waals surface area contributed by atoms with E-state index >= 15 is 0 Å². The maximum Gasteiger partial charge on any atom is 0.331 e. The minimum absolute atomic E-state index is 0.326. The van der Waals surface area contributed by atoms with Crippen LogP contribution in [0.3, 0.4) is 0 Å². The first-order valence-electron chi connectivity index (χ1n) is 8.50. The average molecular weight is 369 g/mol. The molecule has 0 fully saturated rings. The predicted molar refractivity (Wildman–Crippen MR) is 103 cm³/mol. The normalized spacial score (nSPS) is 10.4. The largest absolute Gasteiger partial charge is 0.497 e. The molecule has 0 aliphatic rings. The number of hydrogen-bond acceptors (Lipinski definition) is 5. The van der Waals surface area contributed by atoms with Gasteiger partial charge in [-0.2, -0.15) is 0 Å². The van der Waals surface area contributed by atoms with Crippen molar-refractivity contribution in [2.75, 3.05) is 27.4 Å². The molecule has 142 valence electrons. The molecule has 6 nitrogen and oxygen atoms in total. The molecule has 1 amide bonds. The highest BCUT2D eigenvalue weighted by Gasteiger charge is 2.06. The van der Waals surface area contributed by atoms with Gasteiger partial charge in [-0.3, -0.25) is 4.79 Å². The number of amides is 1. The molecule has 0 radical (unpaired) electrons. The van der Waals surface area contributed by atoms with Crippen LogP contribution in [0.25, 0.3) is 6.08 Å². The Morgan fingerprint density at radius 2 is 1.81 bits per heavy atom. The number of esters is 1. The summed E-state index contributed by atoms with van der Waals surface area (Å²) in [6.45, 7) is 0.157. The molecule has 2 rings (SSSR count). The molecule has 0 bridgehead atoms. The number of hydrogen-bond donors (Lipinski definition) is 1. The second-order valence-corrected chi connectivity index (χ2v) is 5.63. The molecule has 0 saturated carbocycles. The van der Waals surface area contributed by atoms with Crippen LogP contribution >= 0.6 is 0 Å². The van der Waals surface area contributed by atoms with E-state index in [-0.39, 0.29) is 12.5 Å². The maximum atomic E-state index is 11.8. The van der Waals surface area contributed by atoms with Gasteiger partial charge in [0.05, 0.1) is 14.2 Å². The van der Waals surface area contributed by atoms with Gasteiger partial charge in [-0.05, 0) is 36.3 Å². The molecule has 27 heavy (non-hydrogen) atoms. The molecule has 0 aromatic heterocycles. The molecular weight excluding hydrogens is 346 g/mol. The van der Waals surface area contributed by atoms with E-state index in [1.807, 2.05) is 30.3 Å². The number of benzene rings is 2. The van der Waals surface area contributed by atoms with Crippen LogP contribution in [0.1, 0.15) is 11.1 Å². The summed E-state index contributed by atoms with van der Waals surface area (Å²) in [6.07, 6.45) is 3.52. The van der Waals surface area contributed by atoms with Crippen LogP contribution in [0.15, 0.2) is 54.6 Å². The summed E-state index contributed by atoms with van der Waals surface area (Å²) in [6, 6.07) is 15.0. The summed E-state index contributed by atoms with van der Waals surface area (Å²) in [5.74, 6) is 0.282. The summed E-state index contributed by atoms with van der Waals surface area (Å²) in [4.78, 5) is 23.6. The number of rotatable bonds is 9. The van der Waals surface area contributed by atoms with E-state index in [4.69, 9.17) is 14.2 Å². The molecule has 0 unspecified atom stereocenters. The Morgan fingerprint density at radius 1 is 1.04 bits per heavy atom. The van der Waals surface area contributed by atoms with Crippen molar-refractivity contribution in [2.45, 2.75) is 6.42 Å². The van der Waals surface area contributed by atoms with Gasteiger partial charge in [0.2, 0.25) is 0 Å². The van der Waals surface area contributed by atoms with E-state index in [0.717, 1.165) is 12.0 Å². The summed E-state index contributed by atoms with van der Waals surface area (Å²) in [7, 11) is 3.09. The van der Waals surface area contributed by atoms with Crippen molar-refractivity contribution in [3.63, 3.8) is 0 Å². The Kier molecular flexibility index (Phi) is 7.91. The van der Waals surface area contributed by atoms with Gasteiger partial charge in [0.15, 0.2) is 6.61 Å². The number of carbonyl (C=O) groups excluding carboxylic acids is 2. The fraction of sp³-hybridized carbons (Fsp3) is 0.238. The molecule has 0 aliphatic carbocycles. The van der Waals surface area contributed by atoms with E-state index in [2.05, 4.69) is 5.32 Å². The molecule has 2 aromatic rings. The lowest BCUT2D eigenvalue weighted by Crippen LogP contribution is -2.30. The van der Waals surface area contributed by atoms with Gasteiger partial charge < -0.3 is 19.5 Å². The Labute approximate surface area is 158 Å². The highest BCUT2D eigenvalue weighted by molar-refractivity contribution is 5.89. The lowest BCUT2D eigenvalue weighted by Gasteiger charge is -2.07. The fourth-order valence-corrected chi connectivity index (χ4v) is 2.35. The number of carbonyl (C=O) groups is 2. The topological polar surface area (TPSA) is 73.9 Å². The van der Waals surface area contributed by atoms with E-state index < -0.39 is 5.97 Å². The van der Waals surface area contributed by atoms with Crippen molar-refractivity contribution in [3.05, 3.63) is 65.7 Å². The lowest BCUT2D eigenvalue weighted by atomic mass is 10.1. The first kappa shape index (κ1) is 20.0. The summed E-state index contributed by atoms with van der Waals surface area (Å²) in [5, 5.41) is 2.72. The van der Waals surface area contributed by atoms with Gasteiger partial charge in [-0.1, -0.05) is 30.3 Å². The van der Waals surface area contributed by atoms with Crippen molar-refractivity contribution in [3.8, 4) is 11.5 Å². The Bertz CT molecular complexity index is 786. The van der Waals surface area contributed by atoms with Crippen LogP contribution < -0.4 is 14.8 Å². The molecule has 0 saturated heterocycles. The Balaban J connectivity index is 1.76. The van der Waals surface area contributed by atoms with Crippen LogP contribution in [-0.2, 0) is 20.7 Å². The average Bonchev–Trinajstić information content (AvgIpc) is 2.71. The summed E-state index contributed by atoms with van der Waals surface area (Å²) >= 11 is 0. The summed E-state index contributed by atoms with van der Waals surface area (Å²) < 4.78 is 15.3. The van der Waals surface area contributed by atoms with E-state index in [1.54, 1.807) is 31.4 Å². The molecule has 0 spiro atoms. The quantitative estimate of drug-likeness (QED) is 0.543. The first-order chi connectivity index (χ1) is 13.1. The van der Waals surface area contributed by atoms with Crippen molar-refractivity contribution < 1.29 is 23.8 Å². The van der Waals surface area contributed by atoms with Crippen molar-refractivity contribution in [1.29, 1.82) is 0 Å². The number of ether oxygens (including phenoxy) is 3. The molecule has 2 aromatic carbocycles. The SMILES string of the molecule is COc1ccc(OC)c(/C=C/C(=O)OCC(=O)NCCc2ccccc2)c1. The highest BCUT2D eigenvalue weighted by Crippen LogP contribution is 2.25. The smallest absolute Gasteiger partial charge is 0.331 e. The summed E-state index contributed by atoms with van der Waals surface area (Å²) in [5.41, 5.74) is 1.80. The molecule has 0 heterocycles. The van der Waals surface area contributed by atoms with E-state index in [1.165, 1.54) is 13.2 Å². The van der Waals surface area contributed by atoms with Crippen molar-refractivity contribution >= 4 is 18.0 Å². The second kappa shape index (κ2) is 10.7. The van der Waals surface area contributed by atoms with E-state index in [9.17, 15) is 9.59 Å². The Morgan fingerprint density at radius 3 is 2.52 bits per heavy atom. The van der Waals surface area contributed by atoms with Crippen LogP contribution in [-0.4, -0.2) is 39.2 Å². The lowest BCUT2D eigenvalue weighted by molar-refractivity contribution is -0.143. The van der Waals surface area contributed by atoms with E-state index in [0.29, 0.717) is 23.6 Å². The van der Waals surface area contributed by atoms with Crippen LogP contribution in [0, 0.1) is 0 Å². The zero-order valence-electron chi connectivity index (χ0n) is 15.4. The molecular formula is C21H23NO5. The highest BCUT2D eigenvalue weighted by atomic mass is 16.5.